The molecule has 0 unspecified atom stereocenters. The van der Waals surface area contributed by atoms with Gasteiger partial charge in [0.05, 0.1) is 24.1 Å². The van der Waals surface area contributed by atoms with E-state index >= 15 is 0 Å². The van der Waals surface area contributed by atoms with Crippen molar-refractivity contribution in [2.24, 2.45) is 0 Å². The molecule has 5 heteroatoms. The van der Waals surface area contributed by atoms with Crippen molar-refractivity contribution in [3.8, 4) is 5.75 Å². The fraction of sp³-hybridized carbons (Fsp3) is 0.182. The number of esters is 1. The van der Waals surface area contributed by atoms with Crippen LogP contribution in [0.4, 0.5) is 0 Å². The summed E-state index contributed by atoms with van der Waals surface area (Å²) >= 11 is 1.52. The zero-order valence-electron chi connectivity index (χ0n) is 15.1. The summed E-state index contributed by atoms with van der Waals surface area (Å²) in [5.41, 5.74) is 2.92. The summed E-state index contributed by atoms with van der Waals surface area (Å²) in [5.74, 6) is 1.71. The first kappa shape index (κ1) is 19.0. The number of rotatable bonds is 8. The second kappa shape index (κ2) is 9.78. The monoisotopic (exact) mass is 379 g/mol. The van der Waals surface area contributed by atoms with Crippen molar-refractivity contribution in [2.45, 2.75) is 6.61 Å². The van der Waals surface area contributed by atoms with E-state index in [0.29, 0.717) is 12.4 Å². The minimum absolute atomic E-state index is 0.203. The highest BCUT2D eigenvalue weighted by atomic mass is 32.2. The van der Waals surface area contributed by atoms with Gasteiger partial charge in [-0.1, -0.05) is 48.6 Å². The number of pyridine rings is 1. The van der Waals surface area contributed by atoms with E-state index < -0.39 is 0 Å². The zero-order valence-corrected chi connectivity index (χ0v) is 15.9. The molecule has 0 atom stereocenters. The molecular formula is C22H21NO3S. The number of nitrogens with zero attached hydrogens (tertiary/aromatic N) is 1. The molecule has 0 aliphatic heterocycles. The van der Waals surface area contributed by atoms with Gasteiger partial charge in [-0.05, 0) is 29.8 Å². The van der Waals surface area contributed by atoms with E-state index in [1.807, 2.05) is 66.7 Å². The Hall–Kier alpha value is -2.79. The van der Waals surface area contributed by atoms with Crippen molar-refractivity contribution in [1.82, 2.24) is 4.98 Å². The molecule has 4 nitrogen and oxygen atoms in total. The van der Waals surface area contributed by atoms with Gasteiger partial charge in [0.1, 0.15) is 12.4 Å². The maximum Gasteiger partial charge on any atom is 0.315 e. The third kappa shape index (κ3) is 5.86. The molecule has 0 saturated heterocycles. The van der Waals surface area contributed by atoms with E-state index in [2.05, 4.69) is 15.8 Å². The molecule has 138 valence electrons. The summed E-state index contributed by atoms with van der Waals surface area (Å²) in [6.07, 6.45) is 4.04. The van der Waals surface area contributed by atoms with Crippen LogP contribution < -0.4 is 4.74 Å². The Bertz CT molecular complexity index is 939. The number of methoxy groups -OCH3 is 1. The number of ether oxygens (including phenoxy) is 2. The first-order chi connectivity index (χ1) is 13.2. The molecule has 2 aromatic carbocycles. The van der Waals surface area contributed by atoms with Crippen molar-refractivity contribution in [3.63, 3.8) is 0 Å². The lowest BCUT2D eigenvalue weighted by atomic mass is 10.2. The van der Waals surface area contributed by atoms with Crippen molar-refractivity contribution in [3.05, 3.63) is 78.0 Å². The zero-order chi connectivity index (χ0) is 18.9. The average Bonchev–Trinajstić information content (AvgIpc) is 2.72. The summed E-state index contributed by atoms with van der Waals surface area (Å²) in [6, 6.07) is 20.0. The number of fused-ring (bicyclic) bond motifs is 1. The Labute approximate surface area is 163 Å². The minimum Gasteiger partial charge on any atom is -0.487 e. The van der Waals surface area contributed by atoms with E-state index in [9.17, 15) is 4.79 Å². The number of aromatic nitrogens is 1. The van der Waals surface area contributed by atoms with Gasteiger partial charge in [0, 0.05) is 11.1 Å². The number of hydrogen-bond acceptors (Lipinski definition) is 5. The van der Waals surface area contributed by atoms with Crippen LogP contribution in [0.1, 0.15) is 11.3 Å². The molecule has 0 radical (unpaired) electrons. The lowest BCUT2D eigenvalue weighted by molar-refractivity contribution is -0.137. The highest BCUT2D eigenvalue weighted by molar-refractivity contribution is 8.00. The highest BCUT2D eigenvalue weighted by Gasteiger charge is 2.01. The third-order valence-electron chi connectivity index (χ3n) is 3.87. The van der Waals surface area contributed by atoms with Crippen LogP contribution in [0.25, 0.3) is 17.0 Å². The SMILES string of the molecule is COC(=O)CSC/C=C\c1cccc(OCc2ccc3ccccc3n2)c1. The summed E-state index contributed by atoms with van der Waals surface area (Å²) < 4.78 is 10.5. The topological polar surface area (TPSA) is 48.4 Å². The minimum atomic E-state index is -0.203. The molecule has 3 rings (SSSR count). The van der Waals surface area contributed by atoms with Gasteiger partial charge in [0.15, 0.2) is 0 Å². The van der Waals surface area contributed by atoms with Gasteiger partial charge in [0.2, 0.25) is 0 Å². The molecule has 0 amide bonds. The Morgan fingerprint density at radius 3 is 2.89 bits per heavy atom. The molecule has 0 aliphatic carbocycles. The number of para-hydroxylation sites is 1. The van der Waals surface area contributed by atoms with Gasteiger partial charge in [-0.3, -0.25) is 4.79 Å². The summed E-state index contributed by atoms with van der Waals surface area (Å²) in [6.45, 7) is 0.424. The van der Waals surface area contributed by atoms with Gasteiger partial charge in [-0.15, -0.1) is 11.8 Å². The molecule has 0 spiro atoms. The van der Waals surface area contributed by atoms with Crippen LogP contribution in [0.3, 0.4) is 0 Å². The second-order valence-corrected chi connectivity index (χ2v) is 6.88. The van der Waals surface area contributed by atoms with Crippen molar-refractivity contribution >= 4 is 34.7 Å². The Balaban J connectivity index is 1.54. The predicted octanol–water partition coefficient (Wildman–Crippen LogP) is 4.73. The molecule has 0 aliphatic rings. The third-order valence-corrected chi connectivity index (χ3v) is 4.74. The molecule has 3 aromatic rings. The molecule has 0 fully saturated rings. The van der Waals surface area contributed by atoms with Crippen LogP contribution in [0.2, 0.25) is 0 Å². The number of hydrogen-bond donors (Lipinski definition) is 0. The Morgan fingerprint density at radius 1 is 1.11 bits per heavy atom. The van der Waals surface area contributed by atoms with E-state index in [0.717, 1.165) is 33.7 Å². The first-order valence-corrected chi connectivity index (χ1v) is 9.79. The maximum atomic E-state index is 11.1. The van der Waals surface area contributed by atoms with Crippen LogP contribution in [-0.2, 0) is 16.1 Å². The Kier molecular flexibility index (Phi) is 6.88. The highest BCUT2D eigenvalue weighted by Crippen LogP contribution is 2.17. The van der Waals surface area contributed by atoms with Gasteiger partial charge < -0.3 is 9.47 Å². The Morgan fingerprint density at radius 2 is 2.00 bits per heavy atom. The standard InChI is InChI=1S/C22H21NO3S/c1-25-22(24)16-27-13-5-7-17-6-4-9-20(14-17)26-15-19-12-11-18-8-2-3-10-21(18)23-19/h2-12,14H,13,15-16H2,1H3/b7-5-. The first-order valence-electron chi connectivity index (χ1n) is 8.63. The van der Waals surface area contributed by atoms with Crippen molar-refractivity contribution < 1.29 is 14.3 Å². The van der Waals surface area contributed by atoms with Crippen molar-refractivity contribution in [2.75, 3.05) is 18.6 Å². The smallest absolute Gasteiger partial charge is 0.315 e. The van der Waals surface area contributed by atoms with Crippen LogP contribution in [0, 0.1) is 0 Å². The largest absolute Gasteiger partial charge is 0.487 e. The van der Waals surface area contributed by atoms with Gasteiger partial charge >= 0.3 is 5.97 Å². The van der Waals surface area contributed by atoms with Crippen LogP contribution >= 0.6 is 11.8 Å². The lowest BCUT2D eigenvalue weighted by Gasteiger charge is -2.07. The predicted molar refractivity (Wildman–Crippen MR) is 111 cm³/mol. The molecule has 0 bridgehead atoms. The fourth-order valence-electron chi connectivity index (χ4n) is 2.51. The van der Waals surface area contributed by atoms with Gasteiger partial charge in [0.25, 0.3) is 0 Å². The number of benzene rings is 2. The number of carbonyl (C=O) groups is 1. The van der Waals surface area contributed by atoms with Crippen LogP contribution in [0.5, 0.6) is 5.75 Å². The summed E-state index contributed by atoms with van der Waals surface area (Å²) in [7, 11) is 1.40. The lowest BCUT2D eigenvalue weighted by Crippen LogP contribution is -2.03. The van der Waals surface area contributed by atoms with E-state index in [4.69, 9.17) is 4.74 Å². The average molecular weight is 379 g/mol. The molecule has 27 heavy (non-hydrogen) atoms. The van der Waals surface area contributed by atoms with Crippen molar-refractivity contribution in [1.29, 1.82) is 0 Å². The maximum absolute atomic E-state index is 11.1. The van der Waals surface area contributed by atoms with E-state index in [1.165, 1.54) is 18.9 Å². The number of carbonyl (C=O) groups excluding carboxylic acids is 1. The van der Waals surface area contributed by atoms with Crippen LogP contribution in [0.15, 0.2) is 66.7 Å². The quantitative estimate of drug-likeness (QED) is 0.418. The summed E-state index contributed by atoms with van der Waals surface area (Å²) in [5, 5.41) is 1.12. The molecule has 1 aromatic heterocycles. The summed E-state index contributed by atoms with van der Waals surface area (Å²) in [4.78, 5) is 15.7. The normalized spacial score (nSPS) is 11.0. The fourth-order valence-corrected chi connectivity index (χ4v) is 3.14. The molecule has 0 N–H and O–H groups in total. The van der Waals surface area contributed by atoms with E-state index in [-0.39, 0.29) is 5.97 Å². The molecular weight excluding hydrogens is 358 g/mol. The van der Waals surface area contributed by atoms with Gasteiger partial charge in [-0.25, -0.2) is 4.98 Å². The molecule has 0 saturated carbocycles. The second-order valence-electron chi connectivity index (χ2n) is 5.85. The van der Waals surface area contributed by atoms with Crippen LogP contribution in [-0.4, -0.2) is 29.6 Å². The number of thioether (sulfide) groups is 1. The van der Waals surface area contributed by atoms with Gasteiger partial charge in [-0.2, -0.15) is 0 Å². The van der Waals surface area contributed by atoms with E-state index in [1.54, 1.807) is 0 Å². The molecule has 1 heterocycles.